The lowest BCUT2D eigenvalue weighted by Gasteiger charge is -2.18. The Morgan fingerprint density at radius 1 is 1.25 bits per heavy atom. The highest BCUT2D eigenvalue weighted by atomic mass is 32.2. The maximum absolute atomic E-state index is 12.6. The zero-order chi connectivity index (χ0) is 18.5. The summed E-state index contributed by atoms with van der Waals surface area (Å²) in [5, 5.41) is 8.84. The molecule has 0 heterocycles. The topological polar surface area (TPSA) is 59.3 Å². The minimum absolute atomic E-state index is 0.0608. The van der Waals surface area contributed by atoms with Gasteiger partial charge in [0.05, 0.1) is 23.5 Å². The fraction of sp³-hybridized carbons (Fsp3) is 0.385. The van der Waals surface area contributed by atoms with Crippen LogP contribution < -0.4 is 4.74 Å². The van der Waals surface area contributed by atoms with E-state index in [4.69, 9.17) is 5.26 Å². The third-order valence-corrected chi connectivity index (χ3v) is 3.23. The minimum Gasteiger partial charge on any atom is -0.466 e. The molecule has 0 aliphatic heterocycles. The molecule has 0 fully saturated rings. The van der Waals surface area contributed by atoms with E-state index in [1.54, 1.807) is 0 Å². The van der Waals surface area contributed by atoms with E-state index in [9.17, 15) is 31.1 Å². The molecule has 1 aromatic carbocycles. The van der Waals surface area contributed by atoms with E-state index in [0.29, 0.717) is 0 Å². The Balaban J connectivity index is 3.45. The third kappa shape index (κ3) is 6.19. The molecule has 0 saturated heterocycles. The molecule has 0 aliphatic carbocycles. The zero-order valence-electron chi connectivity index (χ0n) is 11.9. The first kappa shape index (κ1) is 20.0. The van der Waals surface area contributed by atoms with Crippen LogP contribution in [0.5, 0.6) is 5.75 Å². The van der Waals surface area contributed by atoms with Gasteiger partial charge in [0.1, 0.15) is 11.8 Å². The molecule has 0 N–H and O–H groups in total. The molecule has 132 valence electrons. The predicted molar refractivity (Wildman–Crippen MR) is 70.1 cm³/mol. The van der Waals surface area contributed by atoms with Gasteiger partial charge in [0.25, 0.3) is 0 Å². The van der Waals surface area contributed by atoms with Gasteiger partial charge in [-0.05, 0) is 24.8 Å². The Labute approximate surface area is 136 Å². The van der Waals surface area contributed by atoms with E-state index < -0.39 is 57.8 Å². The van der Waals surface area contributed by atoms with Gasteiger partial charge in [-0.1, -0.05) is 6.07 Å². The van der Waals surface area contributed by atoms with Crippen LogP contribution in [-0.2, 0) is 16.0 Å². The van der Waals surface area contributed by atoms with E-state index in [1.807, 2.05) is 0 Å². The molecule has 0 unspecified atom stereocenters. The SMILES string of the molecule is CCOC(=O)Cc1ccc(C#N)c(SC(F)(F)F)c1OC(F)(F)F. The molecule has 0 amide bonds. The van der Waals surface area contributed by atoms with E-state index >= 15 is 0 Å². The lowest BCUT2D eigenvalue weighted by Crippen LogP contribution is -2.20. The average molecular weight is 373 g/mol. The molecule has 0 aromatic heterocycles. The van der Waals surface area contributed by atoms with Crippen LogP contribution in [0.3, 0.4) is 0 Å². The number of esters is 1. The van der Waals surface area contributed by atoms with Gasteiger partial charge in [0, 0.05) is 5.56 Å². The van der Waals surface area contributed by atoms with Gasteiger partial charge >= 0.3 is 17.8 Å². The number of carbonyl (C=O) groups excluding carboxylic acids is 1. The van der Waals surface area contributed by atoms with Crippen molar-refractivity contribution < 1.29 is 40.6 Å². The van der Waals surface area contributed by atoms with Crippen LogP contribution in [0.2, 0.25) is 0 Å². The molecule has 4 nitrogen and oxygen atoms in total. The molecule has 24 heavy (non-hydrogen) atoms. The number of rotatable bonds is 5. The van der Waals surface area contributed by atoms with Crippen molar-refractivity contribution in [3.63, 3.8) is 0 Å². The average Bonchev–Trinajstić information content (AvgIpc) is 2.40. The Morgan fingerprint density at radius 3 is 2.33 bits per heavy atom. The van der Waals surface area contributed by atoms with Crippen LogP contribution in [-0.4, -0.2) is 24.4 Å². The first-order valence-corrected chi connectivity index (χ1v) is 7.01. The number of nitriles is 1. The maximum Gasteiger partial charge on any atom is 0.573 e. The largest absolute Gasteiger partial charge is 0.573 e. The first-order chi connectivity index (χ1) is 11.0. The smallest absolute Gasteiger partial charge is 0.466 e. The summed E-state index contributed by atoms with van der Waals surface area (Å²) in [6.07, 6.45) is -6.05. The van der Waals surface area contributed by atoms with E-state index in [-0.39, 0.29) is 6.61 Å². The minimum atomic E-state index is -5.31. The molecular formula is C13H9F6NO3S. The quantitative estimate of drug-likeness (QED) is 0.440. The lowest BCUT2D eigenvalue weighted by molar-refractivity contribution is -0.275. The van der Waals surface area contributed by atoms with E-state index in [2.05, 4.69) is 9.47 Å². The van der Waals surface area contributed by atoms with Crippen molar-refractivity contribution in [1.29, 1.82) is 5.26 Å². The summed E-state index contributed by atoms with van der Waals surface area (Å²) in [6.45, 7) is 1.39. The summed E-state index contributed by atoms with van der Waals surface area (Å²) >= 11 is -0.926. The van der Waals surface area contributed by atoms with Crippen LogP contribution >= 0.6 is 11.8 Å². The zero-order valence-corrected chi connectivity index (χ0v) is 12.7. The van der Waals surface area contributed by atoms with Gasteiger partial charge in [0.2, 0.25) is 0 Å². The van der Waals surface area contributed by atoms with Gasteiger partial charge in [-0.15, -0.1) is 13.2 Å². The maximum atomic E-state index is 12.6. The summed E-state index contributed by atoms with van der Waals surface area (Å²) in [7, 11) is 0. The van der Waals surface area contributed by atoms with Crippen molar-refractivity contribution in [3.05, 3.63) is 23.3 Å². The number of benzene rings is 1. The Bertz CT molecular complexity index is 651. The van der Waals surface area contributed by atoms with Gasteiger partial charge in [-0.3, -0.25) is 4.79 Å². The van der Waals surface area contributed by atoms with Crippen molar-refractivity contribution in [2.75, 3.05) is 6.61 Å². The second-order valence-corrected chi connectivity index (χ2v) is 5.19. The van der Waals surface area contributed by atoms with Crippen molar-refractivity contribution in [3.8, 4) is 11.8 Å². The summed E-state index contributed by atoms with van der Waals surface area (Å²) in [5.74, 6) is -2.19. The standard InChI is InChI=1S/C13H9F6NO3S/c1-2-22-9(21)5-7-3-4-8(6-20)11(24-13(17,18)19)10(7)23-12(14,15)16/h3-4H,2,5H2,1H3. The summed E-state index contributed by atoms with van der Waals surface area (Å²) in [4.78, 5) is 10.4. The van der Waals surface area contributed by atoms with Crippen LogP contribution in [0.4, 0.5) is 26.3 Å². The van der Waals surface area contributed by atoms with Crippen LogP contribution in [0.15, 0.2) is 17.0 Å². The molecule has 1 rings (SSSR count). The first-order valence-electron chi connectivity index (χ1n) is 6.20. The highest BCUT2D eigenvalue weighted by molar-refractivity contribution is 8.00. The summed E-state index contributed by atoms with van der Waals surface area (Å²) in [5.41, 5.74) is -6.10. The molecule has 0 spiro atoms. The summed E-state index contributed by atoms with van der Waals surface area (Å²) < 4.78 is 83.7. The monoisotopic (exact) mass is 373 g/mol. The van der Waals surface area contributed by atoms with Crippen molar-refractivity contribution in [1.82, 2.24) is 0 Å². The Kier molecular flexibility index (Phi) is 6.36. The third-order valence-electron chi connectivity index (χ3n) is 2.39. The second-order valence-electron chi connectivity index (χ2n) is 4.12. The highest BCUT2D eigenvalue weighted by Gasteiger charge is 2.38. The van der Waals surface area contributed by atoms with Crippen LogP contribution in [0.25, 0.3) is 0 Å². The van der Waals surface area contributed by atoms with Crippen molar-refractivity contribution in [2.24, 2.45) is 0 Å². The summed E-state index contributed by atoms with van der Waals surface area (Å²) in [6, 6.07) is 3.16. The number of hydrogen-bond acceptors (Lipinski definition) is 5. The molecule has 0 radical (unpaired) electrons. The van der Waals surface area contributed by atoms with Gasteiger partial charge in [-0.25, -0.2) is 0 Å². The van der Waals surface area contributed by atoms with Gasteiger partial charge < -0.3 is 9.47 Å². The van der Waals surface area contributed by atoms with Gasteiger partial charge in [-0.2, -0.15) is 18.4 Å². The number of thioether (sulfide) groups is 1. The fourth-order valence-electron chi connectivity index (χ4n) is 1.64. The Hall–Kier alpha value is -2.09. The number of hydrogen-bond donors (Lipinski definition) is 0. The highest BCUT2D eigenvalue weighted by Crippen LogP contribution is 2.46. The molecule has 0 atom stereocenters. The number of halogens is 6. The second kappa shape index (κ2) is 7.65. The number of carbonyl (C=O) groups is 1. The normalized spacial score (nSPS) is 11.8. The van der Waals surface area contributed by atoms with Crippen molar-refractivity contribution >= 4 is 17.7 Å². The molecule has 0 bridgehead atoms. The fourth-order valence-corrected chi connectivity index (χ4v) is 2.36. The Morgan fingerprint density at radius 2 is 1.88 bits per heavy atom. The number of alkyl halides is 6. The molecule has 0 aliphatic rings. The molecule has 1 aromatic rings. The molecular weight excluding hydrogens is 364 g/mol. The van der Waals surface area contributed by atoms with Crippen molar-refractivity contribution in [2.45, 2.75) is 30.1 Å². The number of ether oxygens (including phenoxy) is 2. The molecule has 11 heteroatoms. The van der Waals surface area contributed by atoms with Gasteiger partial charge in [0.15, 0.2) is 0 Å². The van der Waals surface area contributed by atoms with E-state index in [1.165, 1.54) is 13.0 Å². The lowest BCUT2D eigenvalue weighted by atomic mass is 10.1. The van der Waals surface area contributed by atoms with Crippen LogP contribution in [0.1, 0.15) is 18.1 Å². The van der Waals surface area contributed by atoms with Crippen LogP contribution in [0, 0.1) is 11.3 Å². The number of nitrogens with zero attached hydrogens (tertiary/aromatic N) is 1. The predicted octanol–water partition coefficient (Wildman–Crippen LogP) is 4.17. The molecule has 0 saturated carbocycles. The van der Waals surface area contributed by atoms with E-state index in [0.717, 1.165) is 12.1 Å².